The third kappa shape index (κ3) is 4.63. The molecule has 1 aliphatic rings. The van der Waals surface area contributed by atoms with Gasteiger partial charge in [-0.3, -0.25) is 9.79 Å². The first-order chi connectivity index (χ1) is 7.43. The maximum absolute atomic E-state index is 12.5. The SMILES string of the molecule is CCOC(=O)CC(=NCC1CC1)C(F)(F)F. The van der Waals surface area contributed by atoms with Gasteiger partial charge < -0.3 is 4.74 Å². The molecule has 0 unspecified atom stereocenters. The second-order valence-corrected chi connectivity index (χ2v) is 3.71. The Morgan fingerprint density at radius 2 is 2.06 bits per heavy atom. The lowest BCUT2D eigenvalue weighted by molar-refractivity contribution is -0.142. The number of esters is 1. The van der Waals surface area contributed by atoms with Crippen molar-refractivity contribution in [1.82, 2.24) is 0 Å². The first-order valence-corrected chi connectivity index (χ1v) is 5.19. The van der Waals surface area contributed by atoms with Gasteiger partial charge in [-0.2, -0.15) is 13.2 Å². The number of hydrogen-bond donors (Lipinski definition) is 0. The summed E-state index contributed by atoms with van der Waals surface area (Å²) < 4.78 is 41.8. The van der Waals surface area contributed by atoms with Crippen LogP contribution in [0.25, 0.3) is 0 Å². The lowest BCUT2D eigenvalue weighted by Gasteiger charge is -2.10. The third-order valence-corrected chi connectivity index (χ3v) is 2.18. The number of hydrogen-bond acceptors (Lipinski definition) is 3. The van der Waals surface area contributed by atoms with Crippen molar-refractivity contribution in [2.45, 2.75) is 32.4 Å². The highest BCUT2D eigenvalue weighted by molar-refractivity contribution is 6.02. The van der Waals surface area contributed by atoms with Crippen LogP contribution in [0.2, 0.25) is 0 Å². The molecule has 16 heavy (non-hydrogen) atoms. The zero-order valence-electron chi connectivity index (χ0n) is 9.01. The summed E-state index contributed by atoms with van der Waals surface area (Å²) in [5.74, 6) is -0.617. The molecule has 0 heterocycles. The molecular weight excluding hydrogens is 223 g/mol. The summed E-state index contributed by atoms with van der Waals surface area (Å²) in [4.78, 5) is 14.4. The van der Waals surface area contributed by atoms with Crippen LogP contribution in [-0.4, -0.2) is 31.0 Å². The van der Waals surface area contributed by atoms with Gasteiger partial charge in [0.25, 0.3) is 0 Å². The molecule has 0 spiro atoms. The van der Waals surface area contributed by atoms with E-state index in [2.05, 4.69) is 9.73 Å². The fourth-order valence-electron chi connectivity index (χ4n) is 1.13. The first kappa shape index (κ1) is 13.0. The van der Waals surface area contributed by atoms with Crippen molar-refractivity contribution in [2.75, 3.05) is 13.2 Å². The molecule has 92 valence electrons. The second kappa shape index (κ2) is 5.32. The van der Waals surface area contributed by atoms with Crippen LogP contribution >= 0.6 is 0 Å². The summed E-state index contributed by atoms with van der Waals surface area (Å²) in [5.41, 5.74) is -1.03. The van der Waals surface area contributed by atoms with E-state index in [0.717, 1.165) is 12.8 Å². The summed E-state index contributed by atoms with van der Waals surface area (Å²) in [5, 5.41) is 0. The second-order valence-electron chi connectivity index (χ2n) is 3.71. The highest BCUT2D eigenvalue weighted by Crippen LogP contribution is 2.30. The van der Waals surface area contributed by atoms with Crippen LogP contribution in [0.1, 0.15) is 26.2 Å². The molecule has 0 N–H and O–H groups in total. The number of aliphatic imine (C=N–C) groups is 1. The van der Waals surface area contributed by atoms with E-state index in [9.17, 15) is 18.0 Å². The Morgan fingerprint density at radius 1 is 1.44 bits per heavy atom. The largest absolute Gasteiger partial charge is 0.466 e. The number of alkyl halides is 3. The van der Waals surface area contributed by atoms with Crippen LogP contribution in [0.3, 0.4) is 0 Å². The average Bonchev–Trinajstić information content (AvgIpc) is 2.94. The smallest absolute Gasteiger partial charge is 0.429 e. The molecule has 0 aromatic heterocycles. The Hall–Kier alpha value is -1.07. The van der Waals surface area contributed by atoms with Gasteiger partial charge in [-0.1, -0.05) is 0 Å². The molecular formula is C10H14F3NO2. The van der Waals surface area contributed by atoms with Gasteiger partial charge in [-0.15, -0.1) is 0 Å². The molecule has 0 amide bonds. The van der Waals surface area contributed by atoms with Gasteiger partial charge in [0.15, 0.2) is 0 Å². The molecule has 0 bridgehead atoms. The summed E-state index contributed by atoms with van der Waals surface area (Å²) in [7, 11) is 0. The van der Waals surface area contributed by atoms with Crippen LogP contribution in [0.15, 0.2) is 4.99 Å². The molecule has 1 fully saturated rings. The molecule has 0 radical (unpaired) electrons. The highest BCUT2D eigenvalue weighted by Gasteiger charge is 2.37. The Balaban J connectivity index is 2.55. The van der Waals surface area contributed by atoms with E-state index in [1.54, 1.807) is 6.92 Å². The molecule has 0 aliphatic heterocycles. The lowest BCUT2D eigenvalue weighted by Crippen LogP contribution is -2.27. The van der Waals surface area contributed by atoms with Crippen molar-refractivity contribution in [3.8, 4) is 0 Å². The van der Waals surface area contributed by atoms with Gasteiger partial charge in [0, 0.05) is 6.54 Å². The van der Waals surface area contributed by atoms with Crippen molar-refractivity contribution < 1.29 is 22.7 Å². The van der Waals surface area contributed by atoms with E-state index >= 15 is 0 Å². The van der Waals surface area contributed by atoms with E-state index in [0.29, 0.717) is 0 Å². The van der Waals surface area contributed by atoms with Crippen molar-refractivity contribution in [3.63, 3.8) is 0 Å². The number of nitrogens with zero attached hydrogens (tertiary/aromatic N) is 1. The summed E-state index contributed by atoms with van der Waals surface area (Å²) >= 11 is 0. The molecule has 6 heteroatoms. The van der Waals surface area contributed by atoms with Gasteiger partial charge in [-0.05, 0) is 25.7 Å². The zero-order chi connectivity index (χ0) is 12.2. The minimum atomic E-state index is -4.54. The van der Waals surface area contributed by atoms with Crippen LogP contribution < -0.4 is 0 Å². The van der Waals surface area contributed by atoms with Crippen LogP contribution in [-0.2, 0) is 9.53 Å². The van der Waals surface area contributed by atoms with Gasteiger partial charge >= 0.3 is 12.1 Å². The van der Waals surface area contributed by atoms with Gasteiger partial charge in [0.2, 0.25) is 0 Å². The summed E-state index contributed by atoms with van der Waals surface area (Å²) in [6.45, 7) is 1.79. The maximum Gasteiger partial charge on any atom is 0.429 e. The maximum atomic E-state index is 12.5. The Kier molecular flexibility index (Phi) is 4.32. The Bertz CT molecular complexity index is 282. The van der Waals surface area contributed by atoms with Gasteiger partial charge in [-0.25, -0.2) is 0 Å². The predicted molar refractivity (Wildman–Crippen MR) is 52.3 cm³/mol. The third-order valence-electron chi connectivity index (χ3n) is 2.18. The standard InChI is InChI=1S/C10H14F3NO2/c1-2-16-9(15)5-8(10(11,12)13)14-6-7-3-4-7/h7H,2-6H2,1H3. The van der Waals surface area contributed by atoms with E-state index in [1.807, 2.05) is 0 Å². The first-order valence-electron chi connectivity index (χ1n) is 5.19. The normalized spacial score (nSPS) is 17.4. The number of rotatable bonds is 5. The topological polar surface area (TPSA) is 38.7 Å². The van der Waals surface area contributed by atoms with E-state index < -0.39 is 24.3 Å². The van der Waals surface area contributed by atoms with E-state index in [-0.39, 0.29) is 19.1 Å². The minimum absolute atomic E-state index is 0.0760. The van der Waals surface area contributed by atoms with Crippen molar-refractivity contribution >= 4 is 11.7 Å². The predicted octanol–water partition coefficient (Wildman–Crippen LogP) is 2.35. The van der Waals surface area contributed by atoms with Gasteiger partial charge in [0.05, 0.1) is 13.0 Å². The molecule has 0 saturated heterocycles. The van der Waals surface area contributed by atoms with Crippen LogP contribution in [0.5, 0.6) is 0 Å². The quantitative estimate of drug-likeness (QED) is 0.543. The van der Waals surface area contributed by atoms with Crippen LogP contribution in [0.4, 0.5) is 13.2 Å². The summed E-state index contributed by atoms with van der Waals surface area (Å²) in [6.07, 6.45) is -3.48. The fourth-order valence-corrected chi connectivity index (χ4v) is 1.13. The van der Waals surface area contributed by atoms with Crippen LogP contribution in [0, 0.1) is 5.92 Å². The number of carbonyl (C=O) groups excluding carboxylic acids is 1. The fraction of sp³-hybridized carbons (Fsp3) is 0.800. The molecule has 1 aliphatic carbocycles. The lowest BCUT2D eigenvalue weighted by atomic mass is 10.2. The van der Waals surface area contributed by atoms with Gasteiger partial charge in [0.1, 0.15) is 5.71 Å². The van der Waals surface area contributed by atoms with Crippen molar-refractivity contribution in [3.05, 3.63) is 0 Å². The molecule has 1 rings (SSSR count). The average molecular weight is 237 g/mol. The minimum Gasteiger partial charge on any atom is -0.466 e. The number of halogens is 3. The summed E-state index contributed by atoms with van der Waals surface area (Å²) in [6, 6.07) is 0. The van der Waals surface area contributed by atoms with Crippen molar-refractivity contribution in [2.24, 2.45) is 10.9 Å². The highest BCUT2D eigenvalue weighted by atomic mass is 19.4. The number of ether oxygens (including phenoxy) is 1. The zero-order valence-corrected chi connectivity index (χ0v) is 9.01. The number of carbonyl (C=O) groups is 1. The Labute approximate surface area is 91.7 Å². The monoisotopic (exact) mass is 237 g/mol. The van der Waals surface area contributed by atoms with E-state index in [4.69, 9.17) is 0 Å². The van der Waals surface area contributed by atoms with E-state index in [1.165, 1.54) is 0 Å². The molecule has 1 saturated carbocycles. The molecule has 0 atom stereocenters. The molecule has 0 aromatic rings. The Morgan fingerprint density at radius 3 is 2.50 bits per heavy atom. The molecule has 3 nitrogen and oxygen atoms in total. The van der Waals surface area contributed by atoms with Crippen molar-refractivity contribution in [1.29, 1.82) is 0 Å². The molecule has 0 aromatic carbocycles.